The van der Waals surface area contributed by atoms with Crippen LogP contribution in [-0.4, -0.2) is 85.4 Å². The van der Waals surface area contributed by atoms with Gasteiger partial charge in [0.25, 0.3) is 0 Å². The van der Waals surface area contributed by atoms with Gasteiger partial charge in [-0.05, 0) is 17.7 Å². The van der Waals surface area contributed by atoms with E-state index in [4.69, 9.17) is 11.6 Å². The first kappa shape index (κ1) is 19.1. The molecule has 6 nitrogen and oxygen atoms in total. The number of hydrogen-bond donors (Lipinski definition) is 1. The molecule has 0 aromatic heterocycles. The lowest BCUT2D eigenvalue weighted by atomic mass is 10.1. The second kappa shape index (κ2) is 9.35. The van der Waals surface area contributed by atoms with Gasteiger partial charge in [-0.2, -0.15) is 0 Å². The first-order valence-electron chi connectivity index (χ1n) is 9.35. The molecule has 0 radical (unpaired) electrons. The van der Waals surface area contributed by atoms with Gasteiger partial charge in [0.2, 0.25) is 11.8 Å². The minimum Gasteiger partial charge on any atom is -0.340 e. The average molecular weight is 379 g/mol. The molecule has 3 rings (SSSR count). The summed E-state index contributed by atoms with van der Waals surface area (Å²) in [7, 11) is 0. The first-order valence-corrected chi connectivity index (χ1v) is 9.73. The molecule has 1 aromatic carbocycles. The fraction of sp³-hybridized carbons (Fsp3) is 0.579. The molecule has 0 unspecified atom stereocenters. The van der Waals surface area contributed by atoms with Gasteiger partial charge in [0, 0.05) is 70.3 Å². The van der Waals surface area contributed by atoms with Gasteiger partial charge in [-0.15, -0.1) is 0 Å². The zero-order valence-corrected chi connectivity index (χ0v) is 15.9. The summed E-state index contributed by atoms with van der Waals surface area (Å²) in [5, 5.41) is 3.92. The maximum Gasteiger partial charge on any atom is 0.227 e. The summed E-state index contributed by atoms with van der Waals surface area (Å²) in [6.45, 7) is 7.28. The van der Waals surface area contributed by atoms with Crippen LogP contribution in [0.4, 0.5) is 0 Å². The maximum absolute atomic E-state index is 12.5. The van der Waals surface area contributed by atoms with E-state index in [1.54, 1.807) is 0 Å². The summed E-state index contributed by atoms with van der Waals surface area (Å²) in [6.07, 6.45) is 0.957. The second-order valence-corrected chi connectivity index (χ2v) is 7.35. The number of nitrogens with one attached hydrogen (secondary N) is 1. The van der Waals surface area contributed by atoms with E-state index in [9.17, 15) is 9.59 Å². The zero-order chi connectivity index (χ0) is 18.4. The number of nitrogens with zero attached hydrogens (tertiary/aromatic N) is 3. The van der Waals surface area contributed by atoms with Crippen molar-refractivity contribution in [1.29, 1.82) is 0 Å². The van der Waals surface area contributed by atoms with Crippen molar-refractivity contribution in [1.82, 2.24) is 20.0 Å². The lowest BCUT2D eigenvalue weighted by Gasteiger charge is -2.35. The number of halogens is 1. The molecule has 142 valence electrons. The van der Waals surface area contributed by atoms with Gasteiger partial charge in [-0.1, -0.05) is 23.7 Å². The van der Waals surface area contributed by atoms with Crippen molar-refractivity contribution < 1.29 is 9.59 Å². The predicted octanol–water partition coefficient (Wildman–Crippen LogP) is 0.849. The Morgan fingerprint density at radius 3 is 2.35 bits per heavy atom. The van der Waals surface area contributed by atoms with Gasteiger partial charge in [0.05, 0.1) is 6.42 Å². The predicted molar refractivity (Wildman–Crippen MR) is 102 cm³/mol. The molecule has 0 aliphatic carbocycles. The summed E-state index contributed by atoms with van der Waals surface area (Å²) >= 11 is 5.98. The first-order chi connectivity index (χ1) is 12.6. The smallest absolute Gasteiger partial charge is 0.227 e. The second-order valence-electron chi connectivity index (χ2n) is 6.91. The lowest BCUT2D eigenvalue weighted by molar-refractivity contribution is -0.134. The van der Waals surface area contributed by atoms with E-state index in [1.807, 2.05) is 34.1 Å². The zero-order valence-electron chi connectivity index (χ0n) is 15.1. The molecule has 0 atom stereocenters. The topological polar surface area (TPSA) is 55.9 Å². The van der Waals surface area contributed by atoms with Crippen molar-refractivity contribution in [2.24, 2.45) is 0 Å². The van der Waals surface area contributed by atoms with E-state index in [1.165, 1.54) is 0 Å². The third-order valence-corrected chi connectivity index (χ3v) is 5.32. The van der Waals surface area contributed by atoms with Gasteiger partial charge in [0.1, 0.15) is 0 Å². The van der Waals surface area contributed by atoms with Gasteiger partial charge >= 0.3 is 0 Å². The normalized spacial score (nSPS) is 18.8. The Balaban J connectivity index is 1.38. The van der Waals surface area contributed by atoms with Crippen molar-refractivity contribution in [3.8, 4) is 0 Å². The molecule has 0 bridgehead atoms. The summed E-state index contributed by atoms with van der Waals surface area (Å²) in [6, 6.07) is 7.47. The van der Waals surface area contributed by atoms with Crippen LogP contribution in [0.15, 0.2) is 24.3 Å². The highest BCUT2D eigenvalue weighted by Crippen LogP contribution is 2.13. The molecule has 7 heteroatoms. The van der Waals surface area contributed by atoms with Crippen LogP contribution in [0.5, 0.6) is 0 Å². The summed E-state index contributed by atoms with van der Waals surface area (Å²) in [5.74, 6) is 0.384. The van der Waals surface area contributed by atoms with Gasteiger partial charge in [-0.3, -0.25) is 14.5 Å². The van der Waals surface area contributed by atoms with Crippen LogP contribution in [0.25, 0.3) is 0 Å². The molecule has 1 N–H and O–H groups in total. The van der Waals surface area contributed by atoms with E-state index in [2.05, 4.69) is 10.2 Å². The fourth-order valence-corrected chi connectivity index (χ4v) is 3.69. The number of benzene rings is 1. The Morgan fingerprint density at radius 2 is 1.65 bits per heavy atom. The number of carbonyl (C=O) groups is 2. The number of hydrogen-bond acceptors (Lipinski definition) is 4. The Kier molecular flexibility index (Phi) is 6.88. The molecule has 0 saturated carbocycles. The fourth-order valence-electron chi connectivity index (χ4n) is 3.48. The minimum atomic E-state index is 0.142. The number of carbonyl (C=O) groups excluding carboxylic acids is 2. The van der Waals surface area contributed by atoms with Crippen molar-refractivity contribution in [3.05, 3.63) is 34.9 Å². The lowest BCUT2D eigenvalue weighted by Crippen LogP contribution is -2.50. The van der Waals surface area contributed by atoms with E-state index < -0.39 is 0 Å². The van der Waals surface area contributed by atoms with E-state index >= 15 is 0 Å². The van der Waals surface area contributed by atoms with Crippen LogP contribution in [0, 0.1) is 0 Å². The molecule has 2 aliphatic rings. The Labute approximate surface area is 160 Å². The molecule has 2 saturated heterocycles. The Hall–Kier alpha value is -1.63. The average Bonchev–Trinajstić information content (AvgIpc) is 2.67. The van der Waals surface area contributed by atoms with Gasteiger partial charge < -0.3 is 15.1 Å². The molecule has 2 heterocycles. The Bertz CT molecular complexity index is 626. The minimum absolute atomic E-state index is 0.142. The summed E-state index contributed by atoms with van der Waals surface area (Å²) in [5.41, 5.74) is 0.951. The highest BCUT2D eigenvalue weighted by Gasteiger charge is 2.22. The monoisotopic (exact) mass is 378 g/mol. The van der Waals surface area contributed by atoms with Crippen LogP contribution < -0.4 is 5.32 Å². The molecular formula is C19H27ClN4O2. The molecule has 0 spiro atoms. The maximum atomic E-state index is 12.5. The largest absolute Gasteiger partial charge is 0.340 e. The van der Waals surface area contributed by atoms with Crippen LogP contribution in [-0.2, 0) is 16.0 Å². The van der Waals surface area contributed by atoms with Gasteiger partial charge in [-0.25, -0.2) is 0 Å². The highest BCUT2D eigenvalue weighted by molar-refractivity contribution is 6.30. The number of piperazine rings is 2. The molecular weight excluding hydrogens is 352 g/mol. The third-order valence-electron chi connectivity index (χ3n) is 5.08. The van der Waals surface area contributed by atoms with Gasteiger partial charge in [0.15, 0.2) is 0 Å². The standard InChI is InChI=1S/C19H27ClN4O2/c20-17-3-1-2-16(14-17)15-19(26)24-12-10-22(11-13-24)7-4-18(25)23-8-5-21-6-9-23/h1-3,14,21H,4-13,15H2. The third kappa shape index (κ3) is 5.43. The van der Waals surface area contributed by atoms with Crippen LogP contribution in [0.2, 0.25) is 5.02 Å². The molecule has 2 fully saturated rings. The van der Waals surface area contributed by atoms with Crippen molar-refractivity contribution in [2.75, 3.05) is 58.9 Å². The quantitative estimate of drug-likeness (QED) is 0.825. The number of amides is 2. The van der Waals surface area contributed by atoms with Crippen molar-refractivity contribution >= 4 is 23.4 Å². The van der Waals surface area contributed by atoms with Crippen LogP contribution >= 0.6 is 11.6 Å². The summed E-state index contributed by atoms with van der Waals surface area (Å²) < 4.78 is 0. The SMILES string of the molecule is O=C(CCN1CCN(C(=O)Cc2cccc(Cl)c2)CC1)N1CCNCC1. The van der Waals surface area contributed by atoms with E-state index in [0.717, 1.165) is 64.5 Å². The van der Waals surface area contributed by atoms with Crippen LogP contribution in [0.3, 0.4) is 0 Å². The highest BCUT2D eigenvalue weighted by atomic mass is 35.5. The van der Waals surface area contributed by atoms with Crippen LogP contribution in [0.1, 0.15) is 12.0 Å². The molecule has 2 amide bonds. The summed E-state index contributed by atoms with van der Waals surface area (Å²) in [4.78, 5) is 30.8. The van der Waals surface area contributed by atoms with Crippen molar-refractivity contribution in [3.63, 3.8) is 0 Å². The van der Waals surface area contributed by atoms with E-state index in [-0.39, 0.29) is 11.8 Å². The number of rotatable bonds is 5. The molecule has 1 aromatic rings. The van der Waals surface area contributed by atoms with E-state index in [0.29, 0.717) is 17.9 Å². The molecule has 26 heavy (non-hydrogen) atoms. The Morgan fingerprint density at radius 1 is 0.962 bits per heavy atom. The molecule has 2 aliphatic heterocycles. The van der Waals surface area contributed by atoms with Crippen molar-refractivity contribution in [2.45, 2.75) is 12.8 Å².